The Bertz CT molecular complexity index is 891. The van der Waals surface area contributed by atoms with Gasteiger partial charge in [-0.1, -0.05) is 12.1 Å². The number of hydrogen-bond donors (Lipinski definition) is 0. The fourth-order valence-corrected chi connectivity index (χ4v) is 2.85. The van der Waals surface area contributed by atoms with E-state index < -0.39 is 0 Å². The van der Waals surface area contributed by atoms with Crippen LogP contribution in [0.5, 0.6) is 0 Å². The van der Waals surface area contributed by atoms with E-state index in [0.29, 0.717) is 18.7 Å². The number of amides is 1. The zero-order valence-electron chi connectivity index (χ0n) is 14.7. The molecular formula is C20H23N3O. The normalized spacial score (nSPS) is 11.0. The van der Waals surface area contributed by atoms with E-state index in [2.05, 4.69) is 37.0 Å². The van der Waals surface area contributed by atoms with Crippen molar-refractivity contribution in [3.8, 4) is 11.3 Å². The number of pyridine rings is 1. The van der Waals surface area contributed by atoms with E-state index in [1.54, 1.807) is 0 Å². The largest absolute Gasteiger partial charge is 0.339 e. The Hall–Kier alpha value is -2.62. The lowest BCUT2D eigenvalue weighted by molar-refractivity contribution is 0.0772. The number of imidazole rings is 1. The lowest BCUT2D eigenvalue weighted by Crippen LogP contribution is -2.30. The van der Waals surface area contributed by atoms with E-state index in [9.17, 15) is 4.79 Å². The second-order valence-electron chi connectivity index (χ2n) is 6.09. The second kappa shape index (κ2) is 6.48. The van der Waals surface area contributed by atoms with Crippen LogP contribution in [0.1, 0.15) is 35.3 Å². The maximum atomic E-state index is 12.5. The van der Waals surface area contributed by atoms with Crippen molar-refractivity contribution < 1.29 is 4.79 Å². The highest BCUT2D eigenvalue weighted by molar-refractivity contribution is 5.94. The average molecular weight is 321 g/mol. The van der Waals surface area contributed by atoms with Crippen molar-refractivity contribution in [1.29, 1.82) is 0 Å². The zero-order chi connectivity index (χ0) is 17.3. The first kappa shape index (κ1) is 16.2. The van der Waals surface area contributed by atoms with Gasteiger partial charge in [-0.15, -0.1) is 0 Å². The molecule has 0 saturated heterocycles. The Morgan fingerprint density at radius 2 is 1.79 bits per heavy atom. The fourth-order valence-electron chi connectivity index (χ4n) is 2.85. The van der Waals surface area contributed by atoms with Gasteiger partial charge in [-0.25, -0.2) is 4.98 Å². The van der Waals surface area contributed by atoms with Crippen molar-refractivity contribution >= 4 is 11.6 Å². The van der Waals surface area contributed by atoms with Crippen LogP contribution in [0.4, 0.5) is 0 Å². The molecule has 24 heavy (non-hydrogen) atoms. The number of hydrogen-bond acceptors (Lipinski definition) is 2. The molecule has 0 radical (unpaired) electrons. The first-order valence-electron chi connectivity index (χ1n) is 8.39. The Morgan fingerprint density at radius 3 is 2.46 bits per heavy atom. The van der Waals surface area contributed by atoms with Crippen LogP contribution in [0.15, 0.2) is 42.7 Å². The summed E-state index contributed by atoms with van der Waals surface area (Å²) in [6, 6.07) is 10.1. The monoisotopic (exact) mass is 321 g/mol. The predicted molar refractivity (Wildman–Crippen MR) is 97.4 cm³/mol. The molecule has 1 aromatic carbocycles. The molecule has 4 heteroatoms. The van der Waals surface area contributed by atoms with Crippen LogP contribution in [0.2, 0.25) is 0 Å². The molecule has 0 N–H and O–H groups in total. The van der Waals surface area contributed by atoms with Gasteiger partial charge in [-0.2, -0.15) is 0 Å². The molecule has 0 spiro atoms. The van der Waals surface area contributed by atoms with Gasteiger partial charge in [0.15, 0.2) is 0 Å². The van der Waals surface area contributed by atoms with Gasteiger partial charge in [-0.3, -0.25) is 4.79 Å². The quantitative estimate of drug-likeness (QED) is 0.725. The van der Waals surface area contributed by atoms with Crippen molar-refractivity contribution in [2.45, 2.75) is 27.7 Å². The van der Waals surface area contributed by atoms with E-state index in [-0.39, 0.29) is 5.91 Å². The van der Waals surface area contributed by atoms with E-state index in [1.807, 2.05) is 47.7 Å². The van der Waals surface area contributed by atoms with Crippen molar-refractivity contribution in [3.05, 3.63) is 59.4 Å². The summed E-state index contributed by atoms with van der Waals surface area (Å²) in [4.78, 5) is 19.0. The molecule has 0 aliphatic heterocycles. The molecule has 124 valence electrons. The van der Waals surface area contributed by atoms with Gasteiger partial charge in [0.05, 0.1) is 11.3 Å². The Morgan fingerprint density at radius 1 is 1.04 bits per heavy atom. The van der Waals surface area contributed by atoms with Crippen LogP contribution in [-0.4, -0.2) is 33.3 Å². The van der Waals surface area contributed by atoms with Gasteiger partial charge in [0.1, 0.15) is 5.65 Å². The van der Waals surface area contributed by atoms with Crippen LogP contribution < -0.4 is 0 Å². The third-order valence-corrected chi connectivity index (χ3v) is 4.55. The predicted octanol–water partition coefficient (Wildman–Crippen LogP) is 4.10. The Balaban J connectivity index is 2.00. The third kappa shape index (κ3) is 2.92. The van der Waals surface area contributed by atoms with Gasteiger partial charge in [0.2, 0.25) is 0 Å². The minimum atomic E-state index is 0.0586. The highest BCUT2D eigenvalue weighted by Crippen LogP contribution is 2.22. The number of carbonyl (C=O) groups excluding carboxylic acids is 1. The van der Waals surface area contributed by atoms with Gasteiger partial charge < -0.3 is 9.30 Å². The molecule has 2 heterocycles. The molecule has 0 bridgehead atoms. The van der Waals surface area contributed by atoms with Gasteiger partial charge >= 0.3 is 0 Å². The number of aryl methyl sites for hydroxylation is 2. The molecule has 3 rings (SSSR count). The molecule has 0 aliphatic rings. The maximum absolute atomic E-state index is 12.5. The summed E-state index contributed by atoms with van der Waals surface area (Å²) >= 11 is 0. The number of carbonyl (C=O) groups is 1. The van der Waals surface area contributed by atoms with Crippen LogP contribution in [-0.2, 0) is 0 Å². The molecule has 0 saturated carbocycles. The first-order valence-corrected chi connectivity index (χ1v) is 8.39. The van der Waals surface area contributed by atoms with Crippen molar-refractivity contribution in [2.75, 3.05) is 13.1 Å². The summed E-state index contributed by atoms with van der Waals surface area (Å²) in [6.45, 7) is 9.63. The molecule has 0 aliphatic carbocycles. The second-order valence-corrected chi connectivity index (χ2v) is 6.09. The summed E-state index contributed by atoms with van der Waals surface area (Å²) in [5.74, 6) is 0.0586. The lowest BCUT2D eigenvalue weighted by Gasteiger charge is -2.18. The molecule has 4 nitrogen and oxygen atoms in total. The van der Waals surface area contributed by atoms with Crippen LogP contribution >= 0.6 is 0 Å². The molecule has 3 aromatic rings. The summed E-state index contributed by atoms with van der Waals surface area (Å²) in [7, 11) is 0. The summed E-state index contributed by atoms with van der Waals surface area (Å²) in [6.07, 6.45) is 3.85. The van der Waals surface area contributed by atoms with E-state index in [4.69, 9.17) is 0 Å². The van der Waals surface area contributed by atoms with Gasteiger partial charge in [0.25, 0.3) is 5.91 Å². The summed E-state index contributed by atoms with van der Waals surface area (Å²) in [5.41, 5.74) is 6.08. The number of aromatic nitrogens is 2. The Labute approximate surface area is 142 Å². The lowest BCUT2D eigenvalue weighted by atomic mass is 10.1. The van der Waals surface area contributed by atoms with Crippen LogP contribution in [0, 0.1) is 13.8 Å². The highest BCUT2D eigenvalue weighted by atomic mass is 16.2. The molecular weight excluding hydrogens is 298 g/mol. The van der Waals surface area contributed by atoms with Crippen molar-refractivity contribution in [3.63, 3.8) is 0 Å². The van der Waals surface area contributed by atoms with Crippen LogP contribution in [0.25, 0.3) is 16.9 Å². The zero-order valence-corrected chi connectivity index (χ0v) is 14.7. The van der Waals surface area contributed by atoms with E-state index in [0.717, 1.165) is 16.9 Å². The average Bonchev–Trinajstić information content (AvgIpc) is 3.01. The van der Waals surface area contributed by atoms with E-state index in [1.165, 1.54) is 11.1 Å². The number of nitrogens with zero attached hydrogens (tertiary/aromatic N) is 3. The summed E-state index contributed by atoms with van der Waals surface area (Å²) < 4.78 is 1.93. The minimum Gasteiger partial charge on any atom is -0.339 e. The van der Waals surface area contributed by atoms with E-state index >= 15 is 0 Å². The van der Waals surface area contributed by atoms with Gasteiger partial charge in [-0.05, 0) is 57.0 Å². The molecule has 2 aromatic heterocycles. The number of benzene rings is 1. The van der Waals surface area contributed by atoms with Crippen LogP contribution in [0.3, 0.4) is 0 Å². The third-order valence-electron chi connectivity index (χ3n) is 4.55. The highest BCUT2D eigenvalue weighted by Gasteiger charge is 2.14. The minimum absolute atomic E-state index is 0.0586. The van der Waals surface area contributed by atoms with Crippen molar-refractivity contribution in [2.24, 2.45) is 0 Å². The van der Waals surface area contributed by atoms with Crippen molar-refractivity contribution in [1.82, 2.24) is 14.3 Å². The molecule has 1 amide bonds. The smallest absolute Gasteiger partial charge is 0.255 e. The first-order chi connectivity index (χ1) is 11.5. The molecule has 0 atom stereocenters. The Kier molecular flexibility index (Phi) is 4.38. The standard InChI is InChI=1S/C20H23N3O/c1-5-22(6-2)20(24)17-9-10-19-21-18(13-23(19)12-17)16-8-7-14(3)15(4)11-16/h7-13H,5-6H2,1-4H3. The molecule has 0 unspecified atom stereocenters. The number of fused-ring (bicyclic) bond motifs is 1. The SMILES string of the molecule is CCN(CC)C(=O)c1ccc2nc(-c3ccc(C)c(C)c3)cn2c1. The van der Waals surface area contributed by atoms with Gasteiger partial charge in [0, 0.05) is 31.0 Å². The number of rotatable bonds is 4. The fraction of sp³-hybridized carbons (Fsp3) is 0.300. The molecule has 0 fully saturated rings. The maximum Gasteiger partial charge on any atom is 0.255 e. The topological polar surface area (TPSA) is 37.6 Å². The summed E-state index contributed by atoms with van der Waals surface area (Å²) in [5, 5.41) is 0.